The van der Waals surface area contributed by atoms with E-state index in [-0.39, 0.29) is 6.10 Å². The fourth-order valence-electron chi connectivity index (χ4n) is 5.73. The van der Waals surface area contributed by atoms with Crippen LogP contribution in [0.3, 0.4) is 0 Å². The van der Waals surface area contributed by atoms with Gasteiger partial charge in [0.2, 0.25) is 5.95 Å². The van der Waals surface area contributed by atoms with Crippen molar-refractivity contribution in [2.45, 2.75) is 102 Å². The van der Waals surface area contributed by atoms with Crippen molar-refractivity contribution in [3.8, 4) is 0 Å². The molecule has 0 amide bonds. The highest BCUT2D eigenvalue weighted by Crippen LogP contribution is 2.37. The van der Waals surface area contributed by atoms with E-state index < -0.39 is 0 Å². The molecule has 7 nitrogen and oxygen atoms in total. The van der Waals surface area contributed by atoms with Crippen molar-refractivity contribution < 1.29 is 5.11 Å². The van der Waals surface area contributed by atoms with Crippen LogP contribution >= 0.6 is 11.8 Å². The molecule has 0 spiro atoms. The summed E-state index contributed by atoms with van der Waals surface area (Å²) in [6.45, 7) is 10.00. The number of aromatic nitrogens is 3. The topological polar surface area (TPSA) is 86.5 Å². The zero-order valence-corrected chi connectivity index (χ0v) is 22.7. The molecule has 5 rings (SSSR count). The zero-order valence-electron chi connectivity index (χ0n) is 21.9. The second kappa shape index (κ2) is 11.2. The Morgan fingerprint density at radius 2 is 2.03 bits per heavy atom. The number of pyridine rings is 1. The number of nitrogens with one attached hydrogen (secondary N) is 1. The van der Waals surface area contributed by atoms with Gasteiger partial charge in [-0.15, -0.1) is 0 Å². The Kier molecular flexibility index (Phi) is 7.93. The first-order valence-corrected chi connectivity index (χ1v) is 14.4. The number of piperidine rings is 1. The van der Waals surface area contributed by atoms with Crippen LogP contribution in [0, 0.1) is 5.41 Å². The molecule has 3 aliphatic rings. The van der Waals surface area contributed by atoms with E-state index in [2.05, 4.69) is 48.1 Å². The van der Waals surface area contributed by atoms with E-state index in [1.807, 2.05) is 12.3 Å². The van der Waals surface area contributed by atoms with Gasteiger partial charge in [-0.05, 0) is 80.9 Å². The lowest BCUT2D eigenvalue weighted by atomic mass is 9.84. The first-order chi connectivity index (χ1) is 17.3. The highest BCUT2D eigenvalue weighted by molar-refractivity contribution is 8.14. The maximum atomic E-state index is 9.91. The molecule has 2 fully saturated rings. The van der Waals surface area contributed by atoms with E-state index in [0.29, 0.717) is 23.3 Å². The molecule has 1 saturated carbocycles. The van der Waals surface area contributed by atoms with Crippen LogP contribution in [-0.4, -0.2) is 55.2 Å². The summed E-state index contributed by atoms with van der Waals surface area (Å²) < 4.78 is 0. The lowest BCUT2D eigenvalue weighted by Crippen LogP contribution is -2.39. The number of nitrogens with zero attached hydrogens (tertiary/aromatic N) is 5. The SMILES string of the molecule is CC1CCC(=Nc2cc(CN3CCCC(C)(C)C3)nc(NC3CCC(O)CC3)n2)Sc2ncccc21. The first kappa shape index (κ1) is 25.6. The summed E-state index contributed by atoms with van der Waals surface area (Å²) in [5.74, 6) is 1.86. The Hall–Kier alpha value is -2.03. The molecular weight excluding hydrogens is 468 g/mol. The highest BCUT2D eigenvalue weighted by Gasteiger charge is 2.27. The quantitative estimate of drug-likeness (QED) is 0.518. The Bertz CT molecular complexity index is 1080. The third kappa shape index (κ3) is 6.64. The van der Waals surface area contributed by atoms with Crippen molar-refractivity contribution in [3.05, 3.63) is 35.7 Å². The number of fused-ring (bicyclic) bond motifs is 1. The van der Waals surface area contributed by atoms with Gasteiger partial charge in [0.15, 0.2) is 5.82 Å². The van der Waals surface area contributed by atoms with Crippen LogP contribution in [0.25, 0.3) is 0 Å². The van der Waals surface area contributed by atoms with Crippen molar-refractivity contribution >= 4 is 28.6 Å². The van der Waals surface area contributed by atoms with Crippen molar-refractivity contribution in [3.63, 3.8) is 0 Å². The second-order valence-electron chi connectivity index (χ2n) is 11.6. The number of thioether (sulfide) groups is 1. The molecule has 1 aliphatic carbocycles. The Morgan fingerprint density at radius 3 is 2.83 bits per heavy atom. The fraction of sp³-hybridized carbons (Fsp3) is 0.643. The third-order valence-corrected chi connectivity index (χ3v) is 8.80. The molecule has 1 unspecified atom stereocenters. The second-order valence-corrected chi connectivity index (χ2v) is 12.7. The third-order valence-electron chi connectivity index (χ3n) is 7.74. The molecule has 1 atom stereocenters. The number of aliphatic hydroxyl groups excluding tert-OH is 1. The summed E-state index contributed by atoms with van der Waals surface area (Å²) >= 11 is 1.68. The standard InChI is InChI=1S/C28H40N6OS/c1-19-7-12-25(36-26-23(19)6-4-14-29-26)32-24-16-21(17-34-15-5-13-28(2,3)18-34)31-27(33-24)30-20-8-10-22(35)11-9-20/h4,6,14,16,19-20,22,35H,5,7-13,15,17-18H2,1-3H3,(H,30,31,33). The van der Waals surface area contributed by atoms with Gasteiger partial charge in [0.05, 0.1) is 16.8 Å². The molecule has 1 saturated heterocycles. The van der Waals surface area contributed by atoms with Gasteiger partial charge >= 0.3 is 0 Å². The zero-order chi connectivity index (χ0) is 25.1. The molecule has 194 valence electrons. The summed E-state index contributed by atoms with van der Waals surface area (Å²) in [6, 6.07) is 6.58. The molecular formula is C28H40N6OS. The molecule has 0 bridgehead atoms. The predicted molar refractivity (Wildman–Crippen MR) is 147 cm³/mol. The van der Waals surface area contributed by atoms with Gasteiger partial charge in [-0.3, -0.25) is 4.90 Å². The lowest BCUT2D eigenvalue weighted by Gasteiger charge is -2.37. The highest BCUT2D eigenvalue weighted by atomic mass is 32.2. The number of aliphatic imine (C=N–C) groups is 1. The van der Waals surface area contributed by atoms with Gasteiger partial charge in [-0.1, -0.05) is 38.6 Å². The van der Waals surface area contributed by atoms with E-state index in [4.69, 9.17) is 15.0 Å². The molecule has 0 radical (unpaired) electrons. The van der Waals surface area contributed by atoms with E-state index in [0.717, 1.165) is 79.7 Å². The molecule has 2 aromatic rings. The molecule has 2 N–H and O–H groups in total. The summed E-state index contributed by atoms with van der Waals surface area (Å²) in [6.07, 6.45) is 9.71. The summed E-state index contributed by atoms with van der Waals surface area (Å²) in [5, 5.41) is 15.6. The number of rotatable bonds is 5. The van der Waals surface area contributed by atoms with Crippen LogP contribution in [0.1, 0.15) is 89.3 Å². The minimum Gasteiger partial charge on any atom is -0.393 e. The smallest absolute Gasteiger partial charge is 0.225 e. The van der Waals surface area contributed by atoms with Gasteiger partial charge in [0, 0.05) is 31.4 Å². The molecule has 36 heavy (non-hydrogen) atoms. The number of likely N-dealkylation sites (tertiary alicyclic amines) is 1. The first-order valence-electron chi connectivity index (χ1n) is 13.6. The number of hydrogen-bond donors (Lipinski definition) is 2. The van der Waals surface area contributed by atoms with Crippen molar-refractivity contribution in [2.75, 3.05) is 18.4 Å². The Morgan fingerprint density at radius 1 is 1.19 bits per heavy atom. The molecule has 4 heterocycles. The number of hydrogen-bond acceptors (Lipinski definition) is 8. The minimum atomic E-state index is -0.175. The molecule has 0 aromatic carbocycles. The van der Waals surface area contributed by atoms with Crippen molar-refractivity contribution in [1.82, 2.24) is 19.9 Å². The molecule has 8 heteroatoms. The lowest BCUT2D eigenvalue weighted by molar-refractivity contribution is 0.110. The van der Waals surface area contributed by atoms with Crippen LogP contribution in [-0.2, 0) is 6.54 Å². The monoisotopic (exact) mass is 508 g/mol. The summed E-state index contributed by atoms with van der Waals surface area (Å²) in [5.41, 5.74) is 2.67. The normalized spacial score (nSPS) is 27.9. The largest absolute Gasteiger partial charge is 0.393 e. The molecule has 2 aromatic heterocycles. The summed E-state index contributed by atoms with van der Waals surface area (Å²) in [7, 11) is 0. The summed E-state index contributed by atoms with van der Waals surface area (Å²) in [4.78, 5) is 22.0. The van der Waals surface area contributed by atoms with E-state index in [9.17, 15) is 5.11 Å². The maximum Gasteiger partial charge on any atom is 0.225 e. The van der Waals surface area contributed by atoms with Crippen molar-refractivity contribution in [1.29, 1.82) is 0 Å². The van der Waals surface area contributed by atoms with Gasteiger partial charge in [0.25, 0.3) is 0 Å². The fourth-order valence-corrected chi connectivity index (χ4v) is 6.81. The Labute approximate surface area is 219 Å². The van der Waals surface area contributed by atoms with Crippen LogP contribution < -0.4 is 5.32 Å². The molecule has 2 aliphatic heterocycles. The van der Waals surface area contributed by atoms with E-state index in [1.165, 1.54) is 18.4 Å². The minimum absolute atomic E-state index is 0.175. The van der Waals surface area contributed by atoms with Gasteiger partial charge in [-0.2, -0.15) is 4.98 Å². The average Bonchev–Trinajstić information content (AvgIpc) is 2.98. The average molecular weight is 509 g/mol. The number of aliphatic hydroxyl groups is 1. The van der Waals surface area contributed by atoms with Crippen LogP contribution in [0.2, 0.25) is 0 Å². The van der Waals surface area contributed by atoms with Crippen LogP contribution in [0.15, 0.2) is 34.4 Å². The van der Waals surface area contributed by atoms with Crippen molar-refractivity contribution in [2.24, 2.45) is 10.4 Å². The maximum absolute atomic E-state index is 9.91. The number of anilines is 1. The van der Waals surface area contributed by atoms with Crippen LogP contribution in [0.4, 0.5) is 11.8 Å². The van der Waals surface area contributed by atoms with Gasteiger partial charge in [0.1, 0.15) is 5.03 Å². The van der Waals surface area contributed by atoms with Crippen LogP contribution in [0.5, 0.6) is 0 Å². The van der Waals surface area contributed by atoms with E-state index >= 15 is 0 Å². The Balaban J connectivity index is 1.40. The van der Waals surface area contributed by atoms with Gasteiger partial charge < -0.3 is 10.4 Å². The van der Waals surface area contributed by atoms with Gasteiger partial charge in [-0.25, -0.2) is 15.0 Å². The van der Waals surface area contributed by atoms with E-state index in [1.54, 1.807) is 11.8 Å². The predicted octanol–water partition coefficient (Wildman–Crippen LogP) is 5.93.